The third-order valence-corrected chi connectivity index (χ3v) is 2.59. The Morgan fingerprint density at radius 3 is 2.59 bits per heavy atom. The molecule has 0 aliphatic carbocycles. The van der Waals surface area contributed by atoms with Gasteiger partial charge >= 0.3 is 6.18 Å². The number of nitrogens with zero attached hydrogens (tertiary/aromatic N) is 2. The summed E-state index contributed by atoms with van der Waals surface area (Å²) in [7, 11) is 0. The molecule has 2 aromatic rings. The third-order valence-electron chi connectivity index (χ3n) is 2.59. The van der Waals surface area contributed by atoms with Crippen molar-refractivity contribution < 1.29 is 22.7 Å². The van der Waals surface area contributed by atoms with Crippen LogP contribution in [0.4, 0.5) is 13.2 Å². The summed E-state index contributed by atoms with van der Waals surface area (Å²) in [6.45, 7) is -1.29. The first-order chi connectivity index (χ1) is 10.5. The summed E-state index contributed by atoms with van der Waals surface area (Å²) in [6, 6.07) is 6.22. The van der Waals surface area contributed by atoms with E-state index in [0.717, 1.165) is 5.56 Å². The highest BCUT2D eigenvalue weighted by atomic mass is 19.4. The molecule has 2 rings (SSSR count). The van der Waals surface area contributed by atoms with Gasteiger partial charge in [-0.15, -0.1) is 0 Å². The van der Waals surface area contributed by atoms with Crippen molar-refractivity contribution in [2.75, 3.05) is 6.61 Å². The van der Waals surface area contributed by atoms with Crippen LogP contribution in [-0.4, -0.2) is 28.7 Å². The molecular formula is C14H12F3N3O2. The molecule has 0 spiro atoms. The van der Waals surface area contributed by atoms with Crippen molar-refractivity contribution >= 4 is 5.91 Å². The molecule has 8 heteroatoms. The van der Waals surface area contributed by atoms with E-state index in [1.165, 1.54) is 18.3 Å². The highest BCUT2D eigenvalue weighted by Gasteiger charge is 2.29. The second kappa shape index (κ2) is 6.88. The molecule has 0 aromatic carbocycles. The van der Waals surface area contributed by atoms with Gasteiger partial charge in [0.05, 0.1) is 0 Å². The fourth-order valence-corrected chi connectivity index (χ4v) is 1.61. The number of amides is 1. The minimum Gasteiger partial charge on any atom is -0.467 e. The molecule has 22 heavy (non-hydrogen) atoms. The minimum absolute atomic E-state index is 0.0548. The molecule has 1 amide bonds. The fraction of sp³-hybridized carbons (Fsp3) is 0.214. The molecule has 116 valence electrons. The van der Waals surface area contributed by atoms with Gasteiger partial charge in [-0.05, 0) is 29.8 Å². The molecule has 2 aromatic heterocycles. The van der Waals surface area contributed by atoms with Gasteiger partial charge < -0.3 is 10.1 Å². The van der Waals surface area contributed by atoms with Crippen LogP contribution in [0.15, 0.2) is 42.9 Å². The maximum atomic E-state index is 12.2. The zero-order valence-corrected chi connectivity index (χ0v) is 11.3. The Labute approximate surface area is 124 Å². The zero-order chi connectivity index (χ0) is 16.0. The van der Waals surface area contributed by atoms with E-state index in [0.29, 0.717) is 0 Å². The maximum absolute atomic E-state index is 12.2. The van der Waals surface area contributed by atoms with Crippen LogP contribution >= 0.6 is 0 Å². The number of ether oxygens (including phenoxy) is 1. The van der Waals surface area contributed by atoms with E-state index in [-0.39, 0.29) is 18.0 Å². The standard InChI is InChI=1S/C14H12F3N3O2/c15-14(16,17)9-22-13-11(2-1-5-19-13)12(21)20-8-10-3-6-18-7-4-10/h1-7H,8-9H2,(H,20,21). The number of nitrogens with one attached hydrogen (secondary N) is 1. The molecule has 5 nitrogen and oxygen atoms in total. The Hall–Kier alpha value is -2.64. The number of pyridine rings is 2. The normalized spacial score (nSPS) is 11.0. The van der Waals surface area contributed by atoms with E-state index in [2.05, 4.69) is 20.0 Å². The lowest BCUT2D eigenvalue weighted by molar-refractivity contribution is -0.154. The number of alkyl halides is 3. The van der Waals surface area contributed by atoms with Crippen LogP contribution in [0.2, 0.25) is 0 Å². The maximum Gasteiger partial charge on any atom is 0.422 e. The largest absolute Gasteiger partial charge is 0.467 e. The van der Waals surface area contributed by atoms with E-state index in [1.54, 1.807) is 24.5 Å². The van der Waals surface area contributed by atoms with Crippen molar-refractivity contribution in [1.82, 2.24) is 15.3 Å². The van der Waals surface area contributed by atoms with E-state index >= 15 is 0 Å². The number of halogens is 3. The predicted molar refractivity (Wildman–Crippen MR) is 71.2 cm³/mol. The molecule has 0 atom stereocenters. The Kier molecular flexibility index (Phi) is 4.92. The van der Waals surface area contributed by atoms with E-state index in [1.807, 2.05) is 0 Å². The van der Waals surface area contributed by atoms with Crippen molar-refractivity contribution in [3.8, 4) is 5.88 Å². The van der Waals surface area contributed by atoms with E-state index in [9.17, 15) is 18.0 Å². The van der Waals surface area contributed by atoms with Crippen LogP contribution < -0.4 is 10.1 Å². The molecule has 0 fully saturated rings. The van der Waals surface area contributed by atoms with Gasteiger partial charge in [-0.25, -0.2) is 4.98 Å². The van der Waals surface area contributed by atoms with Gasteiger partial charge in [-0.2, -0.15) is 13.2 Å². The first kappa shape index (κ1) is 15.7. The topological polar surface area (TPSA) is 64.1 Å². The average Bonchev–Trinajstić information content (AvgIpc) is 2.51. The monoisotopic (exact) mass is 311 g/mol. The van der Waals surface area contributed by atoms with Crippen molar-refractivity contribution in [2.24, 2.45) is 0 Å². The van der Waals surface area contributed by atoms with Crippen molar-refractivity contribution in [3.63, 3.8) is 0 Å². The van der Waals surface area contributed by atoms with Gasteiger partial charge in [0.2, 0.25) is 5.88 Å². The second-order valence-electron chi connectivity index (χ2n) is 4.30. The molecule has 0 unspecified atom stereocenters. The van der Waals surface area contributed by atoms with E-state index in [4.69, 9.17) is 0 Å². The van der Waals surface area contributed by atoms with Gasteiger partial charge in [-0.3, -0.25) is 9.78 Å². The van der Waals surface area contributed by atoms with Crippen molar-refractivity contribution in [3.05, 3.63) is 54.0 Å². The Morgan fingerprint density at radius 2 is 1.91 bits per heavy atom. The lowest BCUT2D eigenvalue weighted by Crippen LogP contribution is -2.25. The first-order valence-corrected chi connectivity index (χ1v) is 6.27. The van der Waals surface area contributed by atoms with Gasteiger partial charge in [0.25, 0.3) is 5.91 Å². The fourth-order valence-electron chi connectivity index (χ4n) is 1.61. The average molecular weight is 311 g/mol. The summed E-state index contributed by atoms with van der Waals surface area (Å²) >= 11 is 0. The Balaban J connectivity index is 2.03. The summed E-state index contributed by atoms with van der Waals surface area (Å²) in [5.74, 6) is -0.922. The van der Waals surface area contributed by atoms with Gasteiger partial charge in [-0.1, -0.05) is 0 Å². The first-order valence-electron chi connectivity index (χ1n) is 6.27. The summed E-state index contributed by atoms with van der Waals surface area (Å²) in [5, 5.41) is 2.58. The summed E-state index contributed by atoms with van der Waals surface area (Å²) in [5.41, 5.74) is 0.755. The molecule has 0 aliphatic heterocycles. The molecule has 0 bridgehead atoms. The highest BCUT2D eigenvalue weighted by Crippen LogP contribution is 2.19. The second-order valence-corrected chi connectivity index (χ2v) is 4.30. The molecule has 0 aliphatic rings. The quantitative estimate of drug-likeness (QED) is 0.920. The van der Waals surface area contributed by atoms with Crippen molar-refractivity contribution in [1.29, 1.82) is 0 Å². The zero-order valence-electron chi connectivity index (χ0n) is 11.3. The number of rotatable bonds is 5. The van der Waals surface area contributed by atoms with Crippen LogP contribution in [0.1, 0.15) is 15.9 Å². The highest BCUT2D eigenvalue weighted by molar-refractivity contribution is 5.96. The lowest BCUT2D eigenvalue weighted by Gasteiger charge is -2.12. The number of carbonyl (C=O) groups excluding carboxylic acids is 1. The predicted octanol–water partition coefficient (Wildman–Crippen LogP) is 2.35. The van der Waals surface area contributed by atoms with Gasteiger partial charge in [0, 0.05) is 25.1 Å². The van der Waals surface area contributed by atoms with Crippen LogP contribution in [0.3, 0.4) is 0 Å². The molecule has 0 saturated carbocycles. The minimum atomic E-state index is -4.50. The van der Waals surface area contributed by atoms with E-state index < -0.39 is 18.7 Å². The van der Waals surface area contributed by atoms with Crippen LogP contribution in [0.5, 0.6) is 5.88 Å². The summed E-state index contributed by atoms with van der Waals surface area (Å²) in [6.07, 6.45) is -0.0967. The number of aromatic nitrogens is 2. The molecular weight excluding hydrogens is 299 g/mol. The summed E-state index contributed by atoms with van der Waals surface area (Å²) in [4.78, 5) is 19.5. The van der Waals surface area contributed by atoms with Gasteiger partial charge in [0.15, 0.2) is 6.61 Å². The number of carbonyl (C=O) groups is 1. The van der Waals surface area contributed by atoms with Crippen molar-refractivity contribution in [2.45, 2.75) is 12.7 Å². The number of hydrogen-bond donors (Lipinski definition) is 1. The SMILES string of the molecule is O=C(NCc1ccncc1)c1cccnc1OCC(F)(F)F. The Morgan fingerprint density at radius 1 is 1.18 bits per heavy atom. The van der Waals surface area contributed by atoms with Crippen LogP contribution in [-0.2, 0) is 6.54 Å². The van der Waals surface area contributed by atoms with Crippen LogP contribution in [0.25, 0.3) is 0 Å². The molecule has 1 N–H and O–H groups in total. The molecule has 0 radical (unpaired) electrons. The van der Waals surface area contributed by atoms with Crippen LogP contribution in [0, 0.1) is 0 Å². The summed E-state index contributed by atoms with van der Waals surface area (Å²) < 4.78 is 41.1. The Bertz CT molecular complexity index is 633. The molecule has 2 heterocycles. The smallest absolute Gasteiger partial charge is 0.422 e. The van der Waals surface area contributed by atoms with Gasteiger partial charge in [0.1, 0.15) is 5.56 Å². The number of hydrogen-bond acceptors (Lipinski definition) is 4. The molecule has 0 saturated heterocycles. The third kappa shape index (κ3) is 4.72. The lowest BCUT2D eigenvalue weighted by atomic mass is 10.2.